The van der Waals surface area contributed by atoms with Crippen LogP contribution in [-0.2, 0) is 17.1 Å². The van der Waals surface area contributed by atoms with Crippen LogP contribution in [0.15, 0.2) is 16.6 Å². The van der Waals surface area contributed by atoms with Crippen molar-refractivity contribution in [3.63, 3.8) is 0 Å². The highest BCUT2D eigenvalue weighted by Crippen LogP contribution is 2.26. The minimum atomic E-state index is -3.82. The van der Waals surface area contributed by atoms with Crippen molar-refractivity contribution in [3.05, 3.63) is 23.7 Å². The molecule has 0 saturated carbocycles. The maximum absolute atomic E-state index is 11.8. The summed E-state index contributed by atoms with van der Waals surface area (Å²) in [6, 6.07) is 0. The van der Waals surface area contributed by atoms with Gasteiger partial charge in [-0.1, -0.05) is 11.3 Å². The molecule has 2 aromatic heterocycles. The summed E-state index contributed by atoms with van der Waals surface area (Å²) in [4.78, 5) is 15.8. The molecule has 0 aliphatic rings. The van der Waals surface area contributed by atoms with E-state index in [2.05, 4.69) is 15.4 Å². The Hall–Kier alpha value is -1.78. The second kappa shape index (κ2) is 4.72. The Bertz CT molecular complexity index is 731. The molecule has 8 nitrogen and oxygen atoms in total. The Kier molecular flexibility index (Phi) is 3.39. The molecule has 0 radical (unpaired) electrons. The number of aromatic nitrogens is 3. The fraction of sp³-hybridized carbons (Fsp3) is 0.222. The van der Waals surface area contributed by atoms with Crippen molar-refractivity contribution in [3.8, 4) is 0 Å². The average molecular weight is 301 g/mol. The lowest BCUT2D eigenvalue weighted by molar-refractivity contribution is 0.102. The van der Waals surface area contributed by atoms with Crippen molar-refractivity contribution in [1.82, 2.24) is 14.8 Å². The molecular weight excluding hydrogens is 290 g/mol. The molecule has 0 spiro atoms. The predicted molar refractivity (Wildman–Crippen MR) is 69.4 cm³/mol. The number of nitrogens with two attached hydrogens (primary N) is 1. The molecule has 0 bridgehead atoms. The van der Waals surface area contributed by atoms with E-state index in [1.807, 2.05) is 0 Å². The van der Waals surface area contributed by atoms with Gasteiger partial charge in [0.05, 0.1) is 17.5 Å². The number of primary sulfonamides is 1. The zero-order chi connectivity index (χ0) is 14.2. The highest BCUT2D eigenvalue weighted by atomic mass is 32.2. The van der Waals surface area contributed by atoms with Crippen LogP contribution in [0.3, 0.4) is 0 Å². The number of nitrogens with one attached hydrogen (secondary N) is 1. The molecule has 102 valence electrons. The van der Waals surface area contributed by atoms with E-state index in [-0.39, 0.29) is 15.0 Å². The van der Waals surface area contributed by atoms with Crippen molar-refractivity contribution < 1.29 is 13.2 Å². The summed E-state index contributed by atoms with van der Waals surface area (Å²) in [7, 11) is -2.14. The van der Waals surface area contributed by atoms with Crippen molar-refractivity contribution in [2.75, 3.05) is 5.32 Å². The fourth-order valence-corrected chi connectivity index (χ4v) is 3.26. The van der Waals surface area contributed by atoms with Crippen LogP contribution < -0.4 is 10.5 Å². The third-order valence-electron chi connectivity index (χ3n) is 2.20. The minimum Gasteiger partial charge on any atom is -0.298 e. The SMILES string of the molecule is Cc1nc(NC(=O)c2cnn(C)c2)sc1S(N)(=O)=O. The first kappa shape index (κ1) is 13.6. The van der Waals surface area contributed by atoms with Crippen molar-refractivity contribution in [1.29, 1.82) is 0 Å². The summed E-state index contributed by atoms with van der Waals surface area (Å²) in [5, 5.41) is 11.6. The lowest BCUT2D eigenvalue weighted by Crippen LogP contribution is -2.11. The van der Waals surface area contributed by atoms with Gasteiger partial charge in [0.2, 0.25) is 10.0 Å². The first-order valence-corrected chi connectivity index (χ1v) is 7.44. The maximum atomic E-state index is 11.8. The Labute approximate surface area is 113 Å². The van der Waals surface area contributed by atoms with Crippen LogP contribution in [0, 0.1) is 6.92 Å². The largest absolute Gasteiger partial charge is 0.298 e. The highest BCUT2D eigenvalue weighted by Gasteiger charge is 2.19. The fourth-order valence-electron chi connectivity index (χ4n) is 1.41. The monoisotopic (exact) mass is 301 g/mol. The number of hydrogen-bond acceptors (Lipinski definition) is 6. The molecule has 0 saturated heterocycles. The third-order valence-corrected chi connectivity index (χ3v) is 4.83. The summed E-state index contributed by atoms with van der Waals surface area (Å²) in [6.07, 6.45) is 2.94. The van der Waals surface area contributed by atoms with E-state index in [4.69, 9.17) is 5.14 Å². The number of rotatable bonds is 3. The van der Waals surface area contributed by atoms with Gasteiger partial charge in [-0.2, -0.15) is 5.10 Å². The minimum absolute atomic E-state index is 0.0611. The Morgan fingerprint density at radius 2 is 2.21 bits per heavy atom. The first-order valence-electron chi connectivity index (χ1n) is 5.07. The van der Waals surface area contributed by atoms with Gasteiger partial charge >= 0.3 is 0 Å². The van der Waals surface area contributed by atoms with Gasteiger partial charge in [-0.05, 0) is 6.92 Å². The second-order valence-corrected chi connectivity index (χ2v) is 6.55. The Morgan fingerprint density at radius 1 is 1.53 bits per heavy atom. The predicted octanol–water partition coefficient (Wildman–Crippen LogP) is 0.0847. The van der Waals surface area contributed by atoms with Crippen molar-refractivity contribution in [2.45, 2.75) is 11.1 Å². The maximum Gasteiger partial charge on any atom is 0.260 e. The number of carbonyl (C=O) groups excluding carboxylic acids is 1. The molecule has 2 aromatic rings. The van der Waals surface area contributed by atoms with E-state index >= 15 is 0 Å². The van der Waals surface area contributed by atoms with Crippen LogP contribution >= 0.6 is 11.3 Å². The molecule has 0 unspecified atom stereocenters. The topological polar surface area (TPSA) is 120 Å². The number of amides is 1. The summed E-state index contributed by atoms with van der Waals surface area (Å²) >= 11 is 0.813. The zero-order valence-corrected chi connectivity index (χ0v) is 11.7. The van der Waals surface area contributed by atoms with Crippen LogP contribution in [-0.4, -0.2) is 29.1 Å². The molecule has 3 N–H and O–H groups in total. The van der Waals surface area contributed by atoms with E-state index in [9.17, 15) is 13.2 Å². The molecule has 0 aliphatic carbocycles. The molecule has 10 heteroatoms. The van der Waals surface area contributed by atoms with Gasteiger partial charge in [-0.15, -0.1) is 0 Å². The van der Waals surface area contributed by atoms with Crippen LogP contribution in [0.1, 0.15) is 16.1 Å². The van der Waals surface area contributed by atoms with Crippen LogP contribution in [0.25, 0.3) is 0 Å². The standard InChI is InChI=1S/C9H11N5O3S2/c1-5-8(19(10,16)17)18-9(12-5)13-7(15)6-3-11-14(2)4-6/h3-4H,1-2H3,(H2,10,16,17)(H,12,13,15). The number of hydrogen-bond donors (Lipinski definition) is 2. The number of anilines is 1. The van der Waals surface area contributed by atoms with Gasteiger partial charge in [0.15, 0.2) is 9.34 Å². The summed E-state index contributed by atoms with van der Waals surface area (Å²) in [5.41, 5.74) is 0.612. The van der Waals surface area contributed by atoms with Gasteiger partial charge in [-0.3, -0.25) is 14.8 Å². The van der Waals surface area contributed by atoms with E-state index in [0.29, 0.717) is 5.56 Å². The molecular formula is C9H11N5O3S2. The number of nitrogens with zero attached hydrogens (tertiary/aromatic N) is 3. The average Bonchev–Trinajstić information content (AvgIpc) is 2.84. The van der Waals surface area contributed by atoms with Crippen molar-refractivity contribution in [2.24, 2.45) is 12.2 Å². The molecule has 2 rings (SSSR count). The van der Waals surface area contributed by atoms with Crippen LogP contribution in [0.4, 0.5) is 5.13 Å². The van der Waals surface area contributed by atoms with Crippen LogP contribution in [0.5, 0.6) is 0 Å². The molecule has 1 amide bonds. The van der Waals surface area contributed by atoms with E-state index in [1.54, 1.807) is 7.05 Å². The summed E-state index contributed by atoms with van der Waals surface area (Å²) in [5.74, 6) is -0.414. The van der Waals surface area contributed by atoms with E-state index in [0.717, 1.165) is 11.3 Å². The molecule has 0 atom stereocenters. The van der Waals surface area contributed by atoms with Crippen LogP contribution in [0.2, 0.25) is 0 Å². The van der Waals surface area contributed by atoms with Gasteiger partial charge in [0, 0.05) is 13.2 Å². The molecule has 2 heterocycles. The molecule has 0 aromatic carbocycles. The summed E-state index contributed by atoms with van der Waals surface area (Å²) in [6.45, 7) is 1.51. The Balaban J connectivity index is 2.23. The lowest BCUT2D eigenvalue weighted by Gasteiger charge is -1.97. The third kappa shape index (κ3) is 2.97. The van der Waals surface area contributed by atoms with Gasteiger partial charge < -0.3 is 0 Å². The number of sulfonamides is 1. The van der Waals surface area contributed by atoms with Gasteiger partial charge in [0.25, 0.3) is 5.91 Å². The van der Waals surface area contributed by atoms with Gasteiger partial charge in [0.1, 0.15) is 0 Å². The normalized spacial score (nSPS) is 11.5. The number of thiazole rings is 1. The van der Waals surface area contributed by atoms with E-state index < -0.39 is 15.9 Å². The highest BCUT2D eigenvalue weighted by molar-refractivity contribution is 7.91. The zero-order valence-electron chi connectivity index (χ0n) is 10.1. The number of aryl methyl sites for hydroxylation is 2. The smallest absolute Gasteiger partial charge is 0.260 e. The van der Waals surface area contributed by atoms with Gasteiger partial charge in [-0.25, -0.2) is 18.5 Å². The lowest BCUT2D eigenvalue weighted by atomic mass is 10.3. The molecule has 0 fully saturated rings. The quantitative estimate of drug-likeness (QED) is 0.832. The molecule has 0 aliphatic heterocycles. The molecule has 19 heavy (non-hydrogen) atoms. The first-order chi connectivity index (χ1) is 8.77. The van der Waals surface area contributed by atoms with E-state index in [1.165, 1.54) is 24.0 Å². The number of carbonyl (C=O) groups is 1. The Morgan fingerprint density at radius 3 is 2.68 bits per heavy atom. The van der Waals surface area contributed by atoms with Crippen molar-refractivity contribution >= 4 is 32.4 Å². The summed E-state index contributed by atoms with van der Waals surface area (Å²) < 4.78 is 23.9. The second-order valence-electron chi connectivity index (χ2n) is 3.79.